The number of alkyl halides is 9. The lowest BCUT2D eigenvalue weighted by Crippen LogP contribution is -2.45. The van der Waals surface area contributed by atoms with Gasteiger partial charge in [-0.25, -0.2) is 13.2 Å². The molecule has 0 aromatic heterocycles. The summed E-state index contributed by atoms with van der Waals surface area (Å²) >= 11 is 0. The Morgan fingerprint density at radius 1 is 0.810 bits per heavy atom. The lowest BCUT2D eigenvalue weighted by molar-refractivity contribution is -0.249. The molecule has 0 aliphatic heterocycles. The average Bonchev–Trinajstić information content (AvgIpc) is 2.31. The molecule has 0 rings (SSSR count). The van der Waals surface area contributed by atoms with Crippen LogP contribution < -0.4 is 0 Å². The molecule has 11 heteroatoms. The topological polar surface area (TPSA) is 47.6 Å². The van der Waals surface area contributed by atoms with Gasteiger partial charge in [0.05, 0.1) is 12.1 Å². The molecule has 120 valence electrons. The van der Waals surface area contributed by atoms with Gasteiger partial charge in [-0.1, -0.05) is 0 Å². The first-order valence-electron chi connectivity index (χ1n) is 5.17. The van der Waals surface area contributed by atoms with E-state index in [-0.39, 0.29) is 0 Å². The van der Waals surface area contributed by atoms with Crippen LogP contribution in [0.2, 0.25) is 0 Å². The minimum absolute atomic E-state index is 0.825. The molecular weight excluding hydrogens is 319 g/mol. The summed E-state index contributed by atoms with van der Waals surface area (Å²) in [6.45, 7) is 0. The molecule has 0 N–H and O–H groups in total. The van der Waals surface area contributed by atoms with E-state index in [1.165, 1.54) is 0 Å². The maximum atomic E-state index is 13.1. The Morgan fingerprint density at radius 3 is 1.52 bits per heavy atom. The highest BCUT2D eigenvalue weighted by Crippen LogP contribution is 2.44. The number of nitrogens with zero attached hydrogens (tertiary/aromatic N) is 2. The van der Waals surface area contributed by atoms with Gasteiger partial charge >= 0.3 is 12.4 Å². The average molecular weight is 326 g/mol. The Bertz CT molecular complexity index is 423. The van der Waals surface area contributed by atoms with E-state index in [2.05, 4.69) is 0 Å². The molecular formula is C10H7F9N2. The quantitative estimate of drug-likeness (QED) is 0.708. The maximum Gasteiger partial charge on any atom is 0.425 e. The number of hydrogen-bond acceptors (Lipinski definition) is 2. The molecule has 0 radical (unpaired) electrons. The minimum atomic E-state index is -5.97. The predicted octanol–water partition coefficient (Wildman–Crippen LogP) is 4.29. The molecule has 0 saturated heterocycles. The van der Waals surface area contributed by atoms with Crippen molar-refractivity contribution >= 4 is 0 Å². The van der Waals surface area contributed by atoms with Crippen LogP contribution in [0.5, 0.6) is 0 Å². The van der Waals surface area contributed by atoms with Crippen molar-refractivity contribution in [1.29, 1.82) is 10.5 Å². The third kappa shape index (κ3) is 5.69. The first kappa shape index (κ1) is 19.3. The first-order chi connectivity index (χ1) is 9.19. The monoisotopic (exact) mass is 326 g/mol. The molecule has 0 aromatic carbocycles. The Balaban J connectivity index is 5.27. The molecule has 0 aromatic rings. The summed E-state index contributed by atoms with van der Waals surface area (Å²) in [5.74, 6) is -5.20. The second-order valence-corrected chi connectivity index (χ2v) is 4.26. The fourth-order valence-corrected chi connectivity index (χ4v) is 1.39. The third-order valence-electron chi connectivity index (χ3n) is 2.46. The Labute approximate surface area is 112 Å². The normalized spacial score (nSPS) is 15.2. The Hall–Kier alpha value is -1.65. The number of hydrogen-bond donors (Lipinski definition) is 0. The molecule has 0 aliphatic carbocycles. The zero-order valence-corrected chi connectivity index (χ0v) is 9.99. The highest BCUT2D eigenvalue weighted by molar-refractivity contribution is 5.16. The summed E-state index contributed by atoms with van der Waals surface area (Å²) in [4.78, 5) is 0. The molecule has 0 fully saturated rings. The zero-order valence-electron chi connectivity index (χ0n) is 9.99. The van der Waals surface area contributed by atoms with Gasteiger partial charge in [0.15, 0.2) is 0 Å². The maximum absolute atomic E-state index is 13.1. The summed E-state index contributed by atoms with van der Waals surface area (Å²) in [6, 6.07) is 1.65. The van der Waals surface area contributed by atoms with Crippen molar-refractivity contribution in [3.8, 4) is 12.1 Å². The van der Waals surface area contributed by atoms with E-state index >= 15 is 0 Å². The molecule has 0 bridgehead atoms. The van der Waals surface area contributed by atoms with Crippen LogP contribution in [0.15, 0.2) is 0 Å². The van der Waals surface area contributed by atoms with Crippen LogP contribution in [0.1, 0.15) is 19.3 Å². The van der Waals surface area contributed by atoms with Gasteiger partial charge in [-0.05, 0) is 6.42 Å². The molecule has 1 atom stereocenters. The van der Waals surface area contributed by atoms with Gasteiger partial charge in [-0.2, -0.15) is 36.9 Å². The van der Waals surface area contributed by atoms with Crippen LogP contribution in [0.4, 0.5) is 39.5 Å². The van der Waals surface area contributed by atoms with Gasteiger partial charge in [0, 0.05) is 12.8 Å². The summed E-state index contributed by atoms with van der Waals surface area (Å²) in [6.07, 6.45) is -21.2. The number of halogens is 9. The molecule has 2 nitrogen and oxygen atoms in total. The lowest BCUT2D eigenvalue weighted by Gasteiger charge is -2.28. The van der Waals surface area contributed by atoms with E-state index in [4.69, 9.17) is 10.5 Å². The van der Waals surface area contributed by atoms with Gasteiger partial charge in [0.2, 0.25) is 0 Å². The van der Waals surface area contributed by atoms with Crippen LogP contribution in [-0.2, 0) is 0 Å². The fourth-order valence-electron chi connectivity index (χ4n) is 1.39. The van der Waals surface area contributed by atoms with Gasteiger partial charge in [0.25, 0.3) is 12.1 Å². The van der Waals surface area contributed by atoms with Crippen molar-refractivity contribution < 1.29 is 39.5 Å². The van der Waals surface area contributed by atoms with Crippen molar-refractivity contribution in [3.05, 3.63) is 0 Å². The van der Waals surface area contributed by atoms with Crippen molar-refractivity contribution in [1.82, 2.24) is 0 Å². The first-order valence-corrected chi connectivity index (χ1v) is 5.17. The molecule has 0 amide bonds. The number of rotatable bonds is 5. The SMILES string of the molecule is N#CC(C#N)(CCC(F)(F)F)CC(F)(F)C(F)C(F)(F)F. The molecule has 0 aliphatic rings. The van der Waals surface area contributed by atoms with E-state index in [0.29, 0.717) is 0 Å². The minimum Gasteiger partial charge on any atom is -0.231 e. The third-order valence-corrected chi connectivity index (χ3v) is 2.46. The summed E-state index contributed by atoms with van der Waals surface area (Å²) < 4.78 is 111. The zero-order chi connectivity index (χ0) is 17.1. The van der Waals surface area contributed by atoms with Gasteiger partial charge in [-0.3, -0.25) is 0 Å². The Kier molecular flexibility index (Phi) is 5.53. The van der Waals surface area contributed by atoms with Crippen LogP contribution >= 0.6 is 0 Å². The van der Waals surface area contributed by atoms with Crippen LogP contribution in [0.3, 0.4) is 0 Å². The van der Waals surface area contributed by atoms with Crippen molar-refractivity contribution in [3.63, 3.8) is 0 Å². The van der Waals surface area contributed by atoms with Crippen molar-refractivity contribution in [2.75, 3.05) is 0 Å². The van der Waals surface area contributed by atoms with Crippen LogP contribution in [0, 0.1) is 28.1 Å². The lowest BCUT2D eigenvalue weighted by atomic mass is 9.79. The van der Waals surface area contributed by atoms with E-state index in [9.17, 15) is 39.5 Å². The van der Waals surface area contributed by atoms with Gasteiger partial charge < -0.3 is 0 Å². The van der Waals surface area contributed by atoms with E-state index in [1.807, 2.05) is 0 Å². The highest BCUT2D eigenvalue weighted by Gasteiger charge is 2.59. The fraction of sp³-hybridized carbons (Fsp3) is 0.800. The standard InChI is InChI=1S/C10H7F9N2/c11-6(10(17,18)19)8(12,13)3-7(4-20,5-21)1-2-9(14,15)16/h6H,1-3H2. The summed E-state index contributed by atoms with van der Waals surface area (Å²) in [5.41, 5.74) is -3.07. The van der Waals surface area contributed by atoms with Crippen molar-refractivity contribution in [2.45, 2.75) is 43.7 Å². The van der Waals surface area contributed by atoms with Gasteiger partial charge in [-0.15, -0.1) is 0 Å². The van der Waals surface area contributed by atoms with Crippen LogP contribution in [0.25, 0.3) is 0 Å². The van der Waals surface area contributed by atoms with Crippen molar-refractivity contribution in [2.24, 2.45) is 5.41 Å². The van der Waals surface area contributed by atoms with Gasteiger partial charge in [0.1, 0.15) is 5.41 Å². The second-order valence-electron chi connectivity index (χ2n) is 4.26. The molecule has 0 spiro atoms. The number of nitriles is 2. The highest BCUT2D eigenvalue weighted by atomic mass is 19.4. The predicted molar refractivity (Wildman–Crippen MR) is 49.5 cm³/mol. The second kappa shape index (κ2) is 6.00. The van der Waals surface area contributed by atoms with E-state index in [0.717, 1.165) is 12.1 Å². The molecule has 0 saturated carbocycles. The molecule has 0 heterocycles. The molecule has 1 unspecified atom stereocenters. The summed E-state index contributed by atoms with van der Waals surface area (Å²) in [7, 11) is 0. The molecule has 21 heavy (non-hydrogen) atoms. The largest absolute Gasteiger partial charge is 0.425 e. The van der Waals surface area contributed by atoms with Crippen LogP contribution in [-0.4, -0.2) is 24.4 Å². The van der Waals surface area contributed by atoms with E-state index < -0.39 is 49.1 Å². The van der Waals surface area contributed by atoms with E-state index in [1.54, 1.807) is 0 Å². The smallest absolute Gasteiger partial charge is 0.231 e. The Morgan fingerprint density at radius 2 is 1.24 bits per heavy atom. The summed E-state index contributed by atoms with van der Waals surface area (Å²) in [5, 5.41) is 17.1.